The van der Waals surface area contributed by atoms with Gasteiger partial charge in [0, 0.05) is 43.9 Å². The fourth-order valence-electron chi connectivity index (χ4n) is 4.80. The van der Waals surface area contributed by atoms with E-state index in [1.165, 1.54) is 5.69 Å². The molecule has 2 aromatic carbocycles. The van der Waals surface area contributed by atoms with Crippen molar-refractivity contribution in [2.45, 2.75) is 57.6 Å². The van der Waals surface area contributed by atoms with E-state index < -0.39 is 5.79 Å². The van der Waals surface area contributed by atoms with Crippen LogP contribution in [0.4, 0.5) is 10.5 Å². The molecular formula is C27H36N2O5. The molecule has 0 aromatic heterocycles. The average molecular weight is 469 g/mol. The van der Waals surface area contributed by atoms with Crippen molar-refractivity contribution in [3.63, 3.8) is 0 Å². The summed E-state index contributed by atoms with van der Waals surface area (Å²) in [5.41, 5.74) is 3.30. The molecule has 2 aliphatic heterocycles. The van der Waals surface area contributed by atoms with Crippen LogP contribution < -0.4 is 9.64 Å². The topological polar surface area (TPSA) is 60.5 Å². The maximum absolute atomic E-state index is 12.6. The summed E-state index contributed by atoms with van der Waals surface area (Å²) < 4.78 is 23.1. The summed E-state index contributed by atoms with van der Waals surface area (Å²) in [4.78, 5) is 16.7. The highest BCUT2D eigenvalue weighted by molar-refractivity contribution is 5.68. The zero-order valence-electron chi connectivity index (χ0n) is 20.7. The Morgan fingerprint density at radius 2 is 1.85 bits per heavy atom. The number of ether oxygens (including phenoxy) is 4. The Hall–Kier alpha value is -2.77. The standard InChI is InChI=1S/C27H36N2O5/c1-27(2)33-19-22(34-27)17-23-24(11-8-12-25(23)31-4)29-15-13-21(14-16-29)28(3)26(30)32-18-20-9-6-5-7-10-20/h5-12,21-22H,13-19H2,1-4H3. The molecule has 2 saturated heterocycles. The summed E-state index contributed by atoms with van der Waals surface area (Å²) in [6.45, 7) is 6.47. The molecule has 4 rings (SSSR count). The Kier molecular flexibility index (Phi) is 7.63. The lowest BCUT2D eigenvalue weighted by atomic mass is 9.99. The number of nitrogens with zero attached hydrogens (tertiary/aromatic N) is 2. The first-order valence-corrected chi connectivity index (χ1v) is 12.0. The van der Waals surface area contributed by atoms with Crippen LogP contribution in [0.1, 0.15) is 37.8 Å². The van der Waals surface area contributed by atoms with E-state index in [4.69, 9.17) is 18.9 Å². The largest absolute Gasteiger partial charge is 0.496 e. The lowest BCUT2D eigenvalue weighted by Gasteiger charge is -2.38. The molecule has 1 atom stereocenters. The normalized spacial score (nSPS) is 20.2. The Labute approximate surface area is 202 Å². The molecule has 1 amide bonds. The molecule has 34 heavy (non-hydrogen) atoms. The number of benzene rings is 2. The van der Waals surface area contributed by atoms with E-state index in [0.29, 0.717) is 13.2 Å². The Bertz CT molecular complexity index is 957. The highest BCUT2D eigenvalue weighted by Crippen LogP contribution is 2.35. The number of piperidine rings is 1. The van der Waals surface area contributed by atoms with E-state index in [-0.39, 0.29) is 18.2 Å². The van der Waals surface area contributed by atoms with Gasteiger partial charge in [-0.25, -0.2) is 4.79 Å². The fraction of sp³-hybridized carbons (Fsp3) is 0.519. The van der Waals surface area contributed by atoms with E-state index in [9.17, 15) is 4.79 Å². The van der Waals surface area contributed by atoms with E-state index in [1.807, 2.05) is 63.4 Å². The maximum atomic E-state index is 12.6. The van der Waals surface area contributed by atoms with Gasteiger partial charge in [-0.05, 0) is 44.4 Å². The van der Waals surface area contributed by atoms with Gasteiger partial charge in [0.2, 0.25) is 0 Å². The van der Waals surface area contributed by atoms with Gasteiger partial charge in [-0.15, -0.1) is 0 Å². The van der Waals surface area contributed by atoms with Crippen LogP contribution in [0.2, 0.25) is 0 Å². The zero-order chi connectivity index (χ0) is 24.1. The lowest BCUT2D eigenvalue weighted by molar-refractivity contribution is -0.138. The van der Waals surface area contributed by atoms with Crippen LogP contribution in [0.15, 0.2) is 48.5 Å². The number of amides is 1. The first-order chi connectivity index (χ1) is 16.4. The molecule has 2 aliphatic rings. The molecule has 0 spiro atoms. The second-order valence-electron chi connectivity index (χ2n) is 9.48. The number of rotatable bonds is 7. The minimum atomic E-state index is -0.551. The van der Waals surface area contributed by atoms with Crippen molar-refractivity contribution in [3.05, 3.63) is 59.7 Å². The number of hydrogen-bond acceptors (Lipinski definition) is 6. The third-order valence-corrected chi connectivity index (χ3v) is 6.67. The maximum Gasteiger partial charge on any atom is 0.410 e. The fourth-order valence-corrected chi connectivity index (χ4v) is 4.80. The van der Waals surface area contributed by atoms with E-state index in [0.717, 1.165) is 49.2 Å². The van der Waals surface area contributed by atoms with Gasteiger partial charge >= 0.3 is 6.09 Å². The third kappa shape index (κ3) is 5.83. The van der Waals surface area contributed by atoms with E-state index >= 15 is 0 Å². The number of anilines is 1. The number of carbonyl (C=O) groups is 1. The molecule has 7 nitrogen and oxygen atoms in total. The second-order valence-corrected chi connectivity index (χ2v) is 9.48. The van der Waals surface area contributed by atoms with Crippen LogP contribution in [0.5, 0.6) is 5.75 Å². The van der Waals surface area contributed by atoms with Crippen LogP contribution in [0, 0.1) is 0 Å². The molecule has 7 heteroatoms. The van der Waals surface area contributed by atoms with Crippen LogP contribution in [-0.4, -0.2) is 62.8 Å². The molecule has 184 valence electrons. The van der Waals surface area contributed by atoms with Crippen molar-refractivity contribution in [1.82, 2.24) is 4.90 Å². The monoisotopic (exact) mass is 468 g/mol. The van der Waals surface area contributed by atoms with Crippen molar-refractivity contribution >= 4 is 11.8 Å². The van der Waals surface area contributed by atoms with Crippen molar-refractivity contribution in [2.24, 2.45) is 0 Å². The summed E-state index contributed by atoms with van der Waals surface area (Å²) in [5, 5.41) is 0. The Morgan fingerprint density at radius 1 is 1.12 bits per heavy atom. The molecule has 0 saturated carbocycles. The van der Waals surface area contributed by atoms with Gasteiger partial charge in [-0.3, -0.25) is 0 Å². The molecule has 0 radical (unpaired) electrons. The van der Waals surface area contributed by atoms with Crippen LogP contribution in [0.3, 0.4) is 0 Å². The summed E-state index contributed by atoms with van der Waals surface area (Å²) >= 11 is 0. The van der Waals surface area contributed by atoms with E-state index in [1.54, 1.807) is 12.0 Å². The smallest absolute Gasteiger partial charge is 0.410 e. The van der Waals surface area contributed by atoms with Gasteiger partial charge in [0.05, 0.1) is 19.8 Å². The molecule has 0 bridgehead atoms. The minimum absolute atomic E-state index is 0.00638. The molecule has 1 unspecified atom stereocenters. The molecule has 0 aliphatic carbocycles. The highest BCUT2D eigenvalue weighted by atomic mass is 16.7. The van der Waals surface area contributed by atoms with Crippen molar-refractivity contribution in [1.29, 1.82) is 0 Å². The predicted octanol–water partition coefficient (Wildman–Crippen LogP) is 4.63. The number of hydrogen-bond donors (Lipinski definition) is 0. The Balaban J connectivity index is 1.36. The van der Waals surface area contributed by atoms with Crippen molar-refractivity contribution in [3.8, 4) is 5.75 Å². The van der Waals surface area contributed by atoms with Gasteiger partial charge in [-0.2, -0.15) is 0 Å². The van der Waals surface area contributed by atoms with Crippen LogP contribution in [-0.2, 0) is 27.2 Å². The van der Waals surface area contributed by atoms with Gasteiger partial charge in [0.1, 0.15) is 12.4 Å². The first kappa shape index (κ1) is 24.4. The van der Waals surface area contributed by atoms with Gasteiger partial charge in [0.25, 0.3) is 0 Å². The summed E-state index contributed by atoms with van der Waals surface area (Å²) in [6, 6.07) is 16.1. The molecular weight excluding hydrogens is 432 g/mol. The minimum Gasteiger partial charge on any atom is -0.496 e. The van der Waals surface area contributed by atoms with Crippen molar-refractivity contribution < 1.29 is 23.7 Å². The van der Waals surface area contributed by atoms with Crippen LogP contribution in [0.25, 0.3) is 0 Å². The number of carbonyl (C=O) groups excluding carboxylic acids is 1. The number of methoxy groups -OCH3 is 1. The molecule has 2 heterocycles. The molecule has 2 fully saturated rings. The van der Waals surface area contributed by atoms with Gasteiger partial charge < -0.3 is 28.7 Å². The highest BCUT2D eigenvalue weighted by Gasteiger charge is 2.34. The quantitative estimate of drug-likeness (QED) is 0.591. The first-order valence-electron chi connectivity index (χ1n) is 12.0. The summed E-state index contributed by atoms with van der Waals surface area (Å²) in [7, 11) is 3.55. The van der Waals surface area contributed by atoms with Crippen LogP contribution >= 0.6 is 0 Å². The lowest BCUT2D eigenvalue weighted by Crippen LogP contribution is -2.46. The summed E-state index contributed by atoms with van der Waals surface area (Å²) in [6.07, 6.45) is 2.21. The molecule has 2 aromatic rings. The van der Waals surface area contributed by atoms with Gasteiger partial charge in [0.15, 0.2) is 5.79 Å². The van der Waals surface area contributed by atoms with Gasteiger partial charge in [-0.1, -0.05) is 36.4 Å². The van der Waals surface area contributed by atoms with Crippen molar-refractivity contribution in [2.75, 3.05) is 38.8 Å². The zero-order valence-corrected chi connectivity index (χ0v) is 20.7. The third-order valence-electron chi connectivity index (χ3n) is 6.67. The predicted molar refractivity (Wildman–Crippen MR) is 131 cm³/mol. The molecule has 0 N–H and O–H groups in total. The average Bonchev–Trinajstić information content (AvgIpc) is 3.21. The van der Waals surface area contributed by atoms with E-state index in [2.05, 4.69) is 11.0 Å². The SMILES string of the molecule is COc1cccc(N2CCC(N(C)C(=O)OCc3ccccc3)CC2)c1CC1COC(C)(C)O1. The Morgan fingerprint density at radius 3 is 2.50 bits per heavy atom. The second kappa shape index (κ2) is 10.7. The summed E-state index contributed by atoms with van der Waals surface area (Å²) in [5.74, 6) is 0.319.